The molecule has 7 rings (SSSR count). The lowest BCUT2D eigenvalue weighted by molar-refractivity contribution is -0.112. The number of nitrogens with one attached hydrogen (secondary N) is 1. The lowest BCUT2D eigenvalue weighted by Gasteiger charge is -2.35. The molecule has 2 N–H and O–H groups in total. The number of carbonyl (C=O) groups is 1. The van der Waals surface area contributed by atoms with Crippen molar-refractivity contribution >= 4 is 23.0 Å². The minimum absolute atomic E-state index is 0.146. The van der Waals surface area contributed by atoms with E-state index < -0.39 is 0 Å². The number of fused-ring (bicyclic) bond motifs is 2. The Bertz CT molecular complexity index is 1720. The van der Waals surface area contributed by atoms with Gasteiger partial charge in [0.2, 0.25) is 5.78 Å². The number of nitrogens with zero attached hydrogens (tertiary/aromatic N) is 5. The molecule has 44 heavy (non-hydrogen) atoms. The molecule has 0 saturated carbocycles. The quantitative estimate of drug-likeness (QED) is 0.419. The van der Waals surface area contributed by atoms with Crippen LogP contribution in [0.15, 0.2) is 76.8 Å². The predicted octanol–water partition coefficient (Wildman–Crippen LogP) is 4.87. The molecule has 4 aliphatic rings. The Balaban J connectivity index is 1.17. The molecule has 1 aliphatic carbocycles. The number of likely N-dealkylation sites (tertiary alicyclic amines) is 1. The monoisotopic (exact) mass is 592 g/mol. The summed E-state index contributed by atoms with van der Waals surface area (Å²) in [6, 6.07) is 11.8. The summed E-state index contributed by atoms with van der Waals surface area (Å²) in [6.45, 7) is 3.46. The number of pyridine rings is 2. The molecule has 0 radical (unpaired) electrons. The maximum Gasteiger partial charge on any atom is 0.274 e. The van der Waals surface area contributed by atoms with Gasteiger partial charge in [0.15, 0.2) is 0 Å². The summed E-state index contributed by atoms with van der Waals surface area (Å²) in [5.74, 6) is 1.28. The molecule has 0 amide bonds. The second-order valence-electron chi connectivity index (χ2n) is 12.5. The molecule has 1 fully saturated rings. The molecule has 3 aromatic rings. The van der Waals surface area contributed by atoms with Crippen LogP contribution in [0.2, 0.25) is 0 Å². The molecule has 5 heterocycles. The molecular weight excluding hydrogens is 552 g/mol. The number of carbonyl (C=O) groups excluding carboxylic acids is 1. The first-order chi connectivity index (χ1) is 21.4. The number of aliphatic hydroxyl groups is 1. The SMILES string of the molecule is CN1CCC(c2ccc(Nc3cc(-c4cccc(N5C=C6C(=O)C7=C(CCCC7)N6CC5)c4CO)cn(C)c3=O)nc2)CC1. The van der Waals surface area contributed by atoms with Crippen molar-refractivity contribution in [3.8, 4) is 11.1 Å². The number of ketones is 1. The van der Waals surface area contributed by atoms with Crippen molar-refractivity contribution < 1.29 is 9.90 Å². The van der Waals surface area contributed by atoms with E-state index in [1.54, 1.807) is 17.8 Å². The molecule has 1 saturated heterocycles. The van der Waals surface area contributed by atoms with Crippen LogP contribution in [0, 0.1) is 0 Å². The summed E-state index contributed by atoms with van der Waals surface area (Å²) < 4.78 is 1.56. The number of aryl methyl sites for hydroxylation is 1. The lowest BCUT2D eigenvalue weighted by atomic mass is 9.91. The second-order valence-corrected chi connectivity index (χ2v) is 12.5. The first-order valence-electron chi connectivity index (χ1n) is 15.8. The number of rotatable bonds is 6. The molecule has 0 atom stereocenters. The molecule has 9 nitrogen and oxygen atoms in total. The molecule has 2 aromatic heterocycles. The van der Waals surface area contributed by atoms with E-state index in [0.717, 1.165) is 91.8 Å². The minimum Gasteiger partial charge on any atom is -0.392 e. The minimum atomic E-state index is -0.177. The van der Waals surface area contributed by atoms with E-state index in [0.29, 0.717) is 24.0 Å². The number of aromatic nitrogens is 2. The summed E-state index contributed by atoms with van der Waals surface area (Å²) in [4.78, 5) is 37.8. The number of anilines is 3. The molecule has 9 heteroatoms. The maximum absolute atomic E-state index is 13.3. The van der Waals surface area contributed by atoms with Crippen molar-refractivity contribution in [3.63, 3.8) is 0 Å². The van der Waals surface area contributed by atoms with Crippen LogP contribution in [0.4, 0.5) is 17.2 Å². The van der Waals surface area contributed by atoms with Crippen LogP contribution in [0.5, 0.6) is 0 Å². The van der Waals surface area contributed by atoms with Crippen molar-refractivity contribution in [1.29, 1.82) is 0 Å². The largest absolute Gasteiger partial charge is 0.392 e. The first kappa shape index (κ1) is 28.6. The number of aliphatic hydroxyl groups excluding tert-OH is 1. The molecule has 0 spiro atoms. The summed E-state index contributed by atoms with van der Waals surface area (Å²) in [7, 11) is 3.90. The number of piperidine rings is 1. The number of benzene rings is 1. The normalized spacial score (nSPS) is 19.2. The van der Waals surface area contributed by atoms with Crippen molar-refractivity contribution in [3.05, 3.63) is 93.4 Å². The fourth-order valence-electron chi connectivity index (χ4n) is 7.28. The van der Waals surface area contributed by atoms with Gasteiger partial charge < -0.3 is 29.7 Å². The van der Waals surface area contributed by atoms with E-state index in [4.69, 9.17) is 0 Å². The van der Waals surface area contributed by atoms with Gasteiger partial charge in [-0.2, -0.15) is 0 Å². The molecule has 3 aliphatic heterocycles. The van der Waals surface area contributed by atoms with Crippen LogP contribution in [-0.2, 0) is 18.4 Å². The van der Waals surface area contributed by atoms with Crippen LogP contribution in [0.25, 0.3) is 11.1 Å². The summed E-state index contributed by atoms with van der Waals surface area (Å²) in [5, 5.41) is 13.9. The van der Waals surface area contributed by atoms with Gasteiger partial charge in [-0.15, -0.1) is 0 Å². The second kappa shape index (κ2) is 11.7. The first-order valence-corrected chi connectivity index (χ1v) is 15.8. The average Bonchev–Trinajstić information content (AvgIpc) is 3.34. The fourth-order valence-corrected chi connectivity index (χ4v) is 7.28. The summed E-state index contributed by atoms with van der Waals surface area (Å²) in [6.07, 6.45) is 12.0. The van der Waals surface area contributed by atoms with Crippen LogP contribution < -0.4 is 15.8 Å². The molecule has 228 valence electrons. The third kappa shape index (κ3) is 5.14. The lowest BCUT2D eigenvalue weighted by Crippen LogP contribution is -2.37. The highest BCUT2D eigenvalue weighted by Crippen LogP contribution is 2.41. The summed E-state index contributed by atoms with van der Waals surface area (Å²) in [5.41, 5.74) is 7.69. The van der Waals surface area contributed by atoms with E-state index in [2.05, 4.69) is 38.1 Å². The van der Waals surface area contributed by atoms with E-state index in [-0.39, 0.29) is 17.9 Å². The van der Waals surface area contributed by atoms with Gasteiger partial charge >= 0.3 is 0 Å². The van der Waals surface area contributed by atoms with Gasteiger partial charge in [0, 0.05) is 66.8 Å². The molecule has 1 aromatic carbocycles. The zero-order chi connectivity index (χ0) is 30.4. The Morgan fingerprint density at radius 1 is 1.00 bits per heavy atom. The Morgan fingerprint density at radius 2 is 1.82 bits per heavy atom. The topological polar surface area (TPSA) is 93.9 Å². The highest BCUT2D eigenvalue weighted by Gasteiger charge is 2.38. The Morgan fingerprint density at radius 3 is 2.59 bits per heavy atom. The van der Waals surface area contributed by atoms with Crippen molar-refractivity contribution in [2.24, 2.45) is 7.05 Å². The van der Waals surface area contributed by atoms with Gasteiger partial charge in [-0.1, -0.05) is 18.2 Å². The van der Waals surface area contributed by atoms with Crippen molar-refractivity contribution in [1.82, 2.24) is 19.4 Å². The Hall–Kier alpha value is -4.21. The number of allylic oxidation sites excluding steroid dienone is 2. The third-order valence-corrected chi connectivity index (χ3v) is 9.76. The number of hydrogen-bond acceptors (Lipinski definition) is 8. The van der Waals surface area contributed by atoms with Gasteiger partial charge in [0.25, 0.3) is 5.56 Å². The standard InChI is InChI=1S/C35H40N6O3/c1-38-14-12-23(13-15-38)24-10-11-33(36-19-24)37-29-18-25(20-39(2)35(29)44)26-7-5-9-30(28(26)22-42)40-16-17-41-31-8-4-3-6-27(31)34(43)32(41)21-40/h5,7,9-11,18-21,23,42H,3-4,6,8,12-17,22H2,1-2H3,(H,36,37). The summed E-state index contributed by atoms with van der Waals surface area (Å²) >= 11 is 0. The molecule has 0 bridgehead atoms. The van der Waals surface area contributed by atoms with E-state index in [1.165, 1.54) is 11.3 Å². The van der Waals surface area contributed by atoms with Gasteiger partial charge in [-0.05, 0) is 93.9 Å². The predicted molar refractivity (Wildman–Crippen MR) is 173 cm³/mol. The highest BCUT2D eigenvalue weighted by atomic mass is 16.3. The van der Waals surface area contributed by atoms with Gasteiger partial charge in [-0.3, -0.25) is 9.59 Å². The fraction of sp³-hybridized carbons (Fsp3) is 0.400. The van der Waals surface area contributed by atoms with Crippen LogP contribution in [0.3, 0.4) is 0 Å². The smallest absolute Gasteiger partial charge is 0.274 e. The van der Waals surface area contributed by atoms with Crippen molar-refractivity contribution in [2.75, 3.05) is 43.4 Å². The van der Waals surface area contributed by atoms with Gasteiger partial charge in [-0.25, -0.2) is 4.98 Å². The van der Waals surface area contributed by atoms with Crippen LogP contribution in [0.1, 0.15) is 55.6 Å². The van der Waals surface area contributed by atoms with E-state index in [1.807, 2.05) is 42.7 Å². The average molecular weight is 593 g/mol. The van der Waals surface area contributed by atoms with E-state index in [9.17, 15) is 14.7 Å². The maximum atomic E-state index is 13.3. The zero-order valence-corrected chi connectivity index (χ0v) is 25.6. The van der Waals surface area contributed by atoms with Crippen molar-refractivity contribution in [2.45, 2.75) is 51.0 Å². The van der Waals surface area contributed by atoms with Gasteiger partial charge in [0.1, 0.15) is 17.2 Å². The highest BCUT2D eigenvalue weighted by molar-refractivity contribution is 6.11. The number of Topliss-reactive ketones (excluding diaryl/α,β-unsaturated/α-hetero) is 1. The van der Waals surface area contributed by atoms with Crippen LogP contribution >= 0.6 is 0 Å². The van der Waals surface area contributed by atoms with E-state index >= 15 is 0 Å². The number of hydrogen-bond donors (Lipinski definition) is 2. The zero-order valence-electron chi connectivity index (χ0n) is 25.6. The Kier molecular flexibility index (Phi) is 7.60. The molecule has 0 unspecified atom stereocenters. The third-order valence-electron chi connectivity index (χ3n) is 9.76. The van der Waals surface area contributed by atoms with Gasteiger partial charge in [0.05, 0.1) is 6.61 Å². The Labute approximate surface area is 258 Å². The van der Waals surface area contributed by atoms with Crippen LogP contribution in [-0.4, -0.2) is 63.5 Å². The molecular formula is C35H40N6O3.